The number of hydrogen-bond donors (Lipinski definition) is 2. The van der Waals surface area contributed by atoms with Crippen molar-refractivity contribution in [3.63, 3.8) is 0 Å². The SMILES string of the molecule is Nc1ncnc2c(CC(CF)OCP(=O)(NCC=O)Oc3ccccc3)cnn12. The van der Waals surface area contributed by atoms with E-state index in [1.165, 1.54) is 17.0 Å². The van der Waals surface area contributed by atoms with Gasteiger partial charge in [-0.3, -0.25) is 4.57 Å². The van der Waals surface area contributed by atoms with Crippen LogP contribution < -0.4 is 15.3 Å². The minimum atomic E-state index is -3.61. The molecular weight excluding hydrogens is 402 g/mol. The predicted molar refractivity (Wildman–Crippen MR) is 103 cm³/mol. The van der Waals surface area contributed by atoms with E-state index >= 15 is 0 Å². The maximum atomic E-state index is 13.6. The van der Waals surface area contributed by atoms with Crippen LogP contribution in [0.4, 0.5) is 10.3 Å². The topological polar surface area (TPSA) is 134 Å². The second kappa shape index (κ2) is 9.55. The van der Waals surface area contributed by atoms with Gasteiger partial charge < -0.3 is 19.8 Å². The number of halogens is 1. The average Bonchev–Trinajstić information content (AvgIpc) is 3.14. The summed E-state index contributed by atoms with van der Waals surface area (Å²) in [4.78, 5) is 18.6. The van der Waals surface area contributed by atoms with E-state index in [2.05, 4.69) is 20.2 Å². The molecule has 3 N–H and O–H groups in total. The molecule has 2 aromatic heterocycles. The fourth-order valence-corrected chi connectivity index (χ4v) is 3.99. The lowest BCUT2D eigenvalue weighted by Gasteiger charge is -2.22. The zero-order chi connectivity index (χ0) is 20.7. The summed E-state index contributed by atoms with van der Waals surface area (Å²) in [7, 11) is -3.61. The van der Waals surface area contributed by atoms with Crippen molar-refractivity contribution in [1.82, 2.24) is 24.7 Å². The molecule has 0 amide bonds. The van der Waals surface area contributed by atoms with Crippen molar-refractivity contribution in [3.8, 4) is 5.75 Å². The van der Waals surface area contributed by atoms with Gasteiger partial charge in [-0.2, -0.15) is 9.61 Å². The highest BCUT2D eigenvalue weighted by molar-refractivity contribution is 7.57. The van der Waals surface area contributed by atoms with Crippen LogP contribution in [0, 0.1) is 0 Å². The Kier molecular flexibility index (Phi) is 6.86. The molecule has 0 saturated carbocycles. The number of hydrogen-bond acceptors (Lipinski definition) is 8. The van der Waals surface area contributed by atoms with Crippen molar-refractivity contribution < 1.29 is 23.0 Å². The minimum Gasteiger partial charge on any atom is -0.431 e. The third kappa shape index (κ3) is 5.35. The van der Waals surface area contributed by atoms with E-state index in [9.17, 15) is 13.8 Å². The Hall–Kier alpha value is -2.88. The maximum absolute atomic E-state index is 13.6. The highest BCUT2D eigenvalue weighted by Crippen LogP contribution is 2.43. The van der Waals surface area contributed by atoms with Gasteiger partial charge in [-0.15, -0.1) is 0 Å². The number of nitrogens with zero attached hydrogens (tertiary/aromatic N) is 4. The molecule has 0 spiro atoms. The van der Waals surface area contributed by atoms with Crippen LogP contribution in [0.15, 0.2) is 42.9 Å². The van der Waals surface area contributed by atoms with E-state index in [1.807, 2.05) is 0 Å². The summed E-state index contributed by atoms with van der Waals surface area (Å²) in [6.07, 6.45) is 2.10. The third-order valence-corrected chi connectivity index (χ3v) is 5.57. The Morgan fingerprint density at radius 3 is 2.83 bits per heavy atom. The summed E-state index contributed by atoms with van der Waals surface area (Å²) in [5, 5.41) is 6.60. The monoisotopic (exact) mass is 422 g/mol. The Morgan fingerprint density at radius 2 is 2.10 bits per heavy atom. The van der Waals surface area contributed by atoms with Gasteiger partial charge >= 0.3 is 7.52 Å². The summed E-state index contributed by atoms with van der Waals surface area (Å²) in [5.74, 6) is 0.488. The standard InChI is InChI=1S/C17H20FN6O4P/c18-9-15(8-13-10-22-24-16(13)20-11-21-17(24)19)27-12-29(26,23-6-7-25)28-14-4-2-1-3-5-14/h1-5,7,10-11,15H,6,8-9,12H2,(H,23,26)(H2,19,20,21). The first kappa shape index (κ1) is 20.8. The van der Waals surface area contributed by atoms with Crippen molar-refractivity contribution in [2.45, 2.75) is 12.5 Å². The number of alkyl halides is 1. The van der Waals surface area contributed by atoms with Gasteiger partial charge in [-0.05, 0) is 12.1 Å². The number of aldehydes is 1. The van der Waals surface area contributed by atoms with Gasteiger partial charge in [0.15, 0.2) is 5.65 Å². The molecule has 0 saturated heterocycles. The molecule has 0 aliphatic heterocycles. The summed E-state index contributed by atoms with van der Waals surface area (Å²) < 4.78 is 39.0. The number of ether oxygens (including phenoxy) is 1. The smallest absolute Gasteiger partial charge is 0.342 e. The first-order valence-electron chi connectivity index (χ1n) is 8.68. The second-order valence-corrected chi connectivity index (χ2v) is 8.12. The van der Waals surface area contributed by atoms with E-state index in [0.717, 1.165) is 0 Å². The summed E-state index contributed by atoms with van der Waals surface area (Å²) in [6, 6.07) is 8.43. The number of nitrogen functional groups attached to an aromatic ring is 1. The van der Waals surface area contributed by atoms with Crippen LogP contribution in [0.2, 0.25) is 0 Å². The van der Waals surface area contributed by atoms with Crippen LogP contribution in [-0.2, 0) is 20.5 Å². The minimum absolute atomic E-state index is 0.121. The Balaban J connectivity index is 1.69. The van der Waals surface area contributed by atoms with Crippen LogP contribution in [0.1, 0.15) is 5.56 Å². The predicted octanol–water partition coefficient (Wildman–Crippen LogP) is 1.62. The van der Waals surface area contributed by atoms with Crippen molar-refractivity contribution in [2.24, 2.45) is 0 Å². The van der Waals surface area contributed by atoms with Gasteiger partial charge in [-0.1, -0.05) is 18.2 Å². The van der Waals surface area contributed by atoms with Crippen LogP contribution >= 0.6 is 7.52 Å². The summed E-state index contributed by atoms with van der Waals surface area (Å²) in [5.41, 5.74) is 6.75. The Labute approximate surface area is 165 Å². The molecule has 0 aliphatic rings. The number of rotatable bonds is 11. The highest BCUT2D eigenvalue weighted by atomic mass is 31.2. The normalized spacial score (nSPS) is 14.4. The molecule has 0 bridgehead atoms. The van der Waals surface area contributed by atoms with Crippen LogP contribution in [0.25, 0.3) is 5.65 Å². The zero-order valence-electron chi connectivity index (χ0n) is 15.3. The van der Waals surface area contributed by atoms with Crippen LogP contribution in [-0.4, -0.2) is 51.5 Å². The van der Waals surface area contributed by atoms with Crippen LogP contribution in [0.5, 0.6) is 5.75 Å². The van der Waals surface area contributed by atoms with Gasteiger partial charge in [0.2, 0.25) is 5.95 Å². The van der Waals surface area contributed by atoms with Crippen LogP contribution in [0.3, 0.4) is 0 Å². The zero-order valence-corrected chi connectivity index (χ0v) is 16.2. The summed E-state index contributed by atoms with van der Waals surface area (Å²) >= 11 is 0. The molecule has 10 nitrogen and oxygen atoms in total. The van der Waals surface area contributed by atoms with Gasteiger partial charge in [-0.25, -0.2) is 19.4 Å². The van der Waals surface area contributed by atoms with Crippen molar-refractivity contribution >= 4 is 25.4 Å². The number of aromatic nitrogens is 4. The molecule has 2 unspecified atom stereocenters. The number of carbonyl (C=O) groups is 1. The molecule has 12 heteroatoms. The van der Waals surface area contributed by atoms with Gasteiger partial charge in [0.1, 0.15) is 31.4 Å². The number of anilines is 1. The number of nitrogens with one attached hydrogen (secondary N) is 1. The number of carbonyl (C=O) groups excluding carboxylic acids is 1. The molecule has 3 rings (SSSR count). The third-order valence-electron chi connectivity index (χ3n) is 3.92. The van der Waals surface area contributed by atoms with Gasteiger partial charge in [0.25, 0.3) is 0 Å². The molecule has 0 aliphatic carbocycles. The van der Waals surface area contributed by atoms with E-state index in [-0.39, 0.29) is 18.9 Å². The van der Waals surface area contributed by atoms with Gasteiger partial charge in [0.05, 0.1) is 18.8 Å². The molecule has 2 atom stereocenters. The number of benzene rings is 1. The number of para-hydroxylation sites is 1. The highest BCUT2D eigenvalue weighted by Gasteiger charge is 2.27. The Morgan fingerprint density at radius 1 is 1.31 bits per heavy atom. The molecule has 154 valence electrons. The lowest BCUT2D eigenvalue weighted by Crippen LogP contribution is -2.25. The molecule has 0 radical (unpaired) electrons. The number of fused-ring (bicyclic) bond motifs is 1. The second-order valence-electron chi connectivity index (χ2n) is 6.02. The Bertz CT molecular complexity index is 1000. The molecule has 1 aromatic carbocycles. The van der Waals surface area contributed by atoms with E-state index in [1.54, 1.807) is 30.3 Å². The van der Waals surface area contributed by atoms with Crippen molar-refractivity contribution in [2.75, 3.05) is 25.3 Å². The molecule has 29 heavy (non-hydrogen) atoms. The lowest BCUT2D eigenvalue weighted by molar-refractivity contribution is -0.106. The molecular formula is C17H20FN6O4P. The average molecular weight is 422 g/mol. The first-order valence-corrected chi connectivity index (χ1v) is 10.5. The quantitative estimate of drug-likeness (QED) is 0.349. The molecule has 2 heterocycles. The fraction of sp³-hybridized carbons (Fsp3) is 0.294. The molecule has 3 aromatic rings. The fourth-order valence-electron chi connectivity index (χ4n) is 2.56. The van der Waals surface area contributed by atoms with E-state index < -0.39 is 26.6 Å². The van der Waals surface area contributed by atoms with Gasteiger partial charge in [0, 0.05) is 12.0 Å². The summed E-state index contributed by atoms with van der Waals surface area (Å²) in [6.45, 7) is -1.03. The number of nitrogens with two attached hydrogens (primary N) is 1. The van der Waals surface area contributed by atoms with E-state index in [0.29, 0.717) is 23.2 Å². The first-order chi connectivity index (χ1) is 14.0. The van der Waals surface area contributed by atoms with Crippen molar-refractivity contribution in [1.29, 1.82) is 0 Å². The molecule has 0 fully saturated rings. The lowest BCUT2D eigenvalue weighted by atomic mass is 10.1. The van der Waals surface area contributed by atoms with Crippen molar-refractivity contribution in [3.05, 3.63) is 48.4 Å². The maximum Gasteiger partial charge on any atom is 0.342 e. The van der Waals surface area contributed by atoms with E-state index in [4.69, 9.17) is 15.0 Å². The largest absolute Gasteiger partial charge is 0.431 e.